The summed E-state index contributed by atoms with van der Waals surface area (Å²) < 4.78 is 60.3. The van der Waals surface area contributed by atoms with Gasteiger partial charge in [-0.2, -0.15) is 13.2 Å². The van der Waals surface area contributed by atoms with Crippen LogP contribution in [0.25, 0.3) is 6.08 Å². The molecule has 1 heterocycles. The summed E-state index contributed by atoms with van der Waals surface area (Å²) in [4.78, 5) is 23.4. The Kier molecular flexibility index (Phi) is 7.49. The van der Waals surface area contributed by atoms with Crippen LogP contribution < -0.4 is 5.32 Å². The number of ether oxygens (including phenoxy) is 4. The molecule has 0 aromatic heterocycles. The molecule has 1 aromatic carbocycles. The monoisotopic (exact) mass is 431 g/mol. The van der Waals surface area contributed by atoms with Crippen LogP contribution in [0.15, 0.2) is 24.3 Å². The Morgan fingerprint density at radius 3 is 2.33 bits per heavy atom. The summed E-state index contributed by atoms with van der Waals surface area (Å²) >= 11 is 0. The number of carbonyl (C=O) groups excluding carboxylic acids is 2. The third-order valence-corrected chi connectivity index (χ3v) is 3.86. The average Bonchev–Trinajstić information content (AvgIpc) is 2.64. The Labute approximate surface area is 172 Å². The van der Waals surface area contributed by atoms with Gasteiger partial charge in [0.25, 0.3) is 0 Å². The summed E-state index contributed by atoms with van der Waals surface area (Å²) in [7, 11) is 1.14. The van der Waals surface area contributed by atoms with E-state index in [-0.39, 0.29) is 24.3 Å². The van der Waals surface area contributed by atoms with E-state index in [1.165, 1.54) is 12.2 Å². The number of methoxy groups -OCH3 is 1. The first-order valence-electron chi connectivity index (χ1n) is 9.09. The van der Waals surface area contributed by atoms with Crippen LogP contribution in [0.4, 0.5) is 18.0 Å². The van der Waals surface area contributed by atoms with Crippen molar-refractivity contribution >= 4 is 18.1 Å². The van der Waals surface area contributed by atoms with Gasteiger partial charge in [0.15, 0.2) is 6.29 Å². The molecule has 0 radical (unpaired) electrons. The molecule has 166 valence electrons. The van der Waals surface area contributed by atoms with E-state index in [2.05, 4.69) is 10.1 Å². The number of alkyl carbamates (subject to hydrolysis) is 1. The van der Waals surface area contributed by atoms with E-state index < -0.39 is 41.7 Å². The number of carbonyl (C=O) groups is 2. The largest absolute Gasteiger partial charge is 0.465 e. The second kappa shape index (κ2) is 9.48. The first kappa shape index (κ1) is 23.7. The number of alkyl halides is 3. The number of benzene rings is 1. The van der Waals surface area contributed by atoms with Crippen molar-refractivity contribution in [2.45, 2.75) is 44.9 Å². The number of hydrogen-bond acceptors (Lipinski definition) is 6. The fourth-order valence-corrected chi connectivity index (χ4v) is 2.57. The van der Waals surface area contributed by atoms with Gasteiger partial charge in [-0.25, -0.2) is 9.59 Å². The van der Waals surface area contributed by atoms with Crippen molar-refractivity contribution in [2.75, 3.05) is 20.3 Å². The summed E-state index contributed by atoms with van der Waals surface area (Å²) in [6, 6.07) is 2.49. The molecule has 0 aliphatic carbocycles. The first-order chi connectivity index (χ1) is 13.9. The van der Waals surface area contributed by atoms with Crippen LogP contribution in [0.2, 0.25) is 0 Å². The van der Waals surface area contributed by atoms with Gasteiger partial charge in [0.05, 0.1) is 37.5 Å². The van der Waals surface area contributed by atoms with E-state index in [1.54, 1.807) is 20.8 Å². The van der Waals surface area contributed by atoms with Crippen LogP contribution in [0.1, 0.15) is 42.3 Å². The molecule has 1 aromatic rings. The average molecular weight is 431 g/mol. The van der Waals surface area contributed by atoms with E-state index in [4.69, 9.17) is 14.2 Å². The molecule has 0 bridgehead atoms. The number of amides is 1. The number of nitrogens with one attached hydrogen (secondary N) is 1. The first-order valence-corrected chi connectivity index (χ1v) is 9.09. The molecule has 1 saturated heterocycles. The fourth-order valence-electron chi connectivity index (χ4n) is 2.57. The number of hydrogen-bond donors (Lipinski definition) is 1. The van der Waals surface area contributed by atoms with Crippen molar-refractivity contribution < 1.29 is 41.7 Å². The smallest absolute Gasteiger partial charge is 0.416 e. The molecule has 30 heavy (non-hydrogen) atoms. The highest BCUT2D eigenvalue weighted by molar-refractivity contribution is 5.90. The molecule has 1 aliphatic rings. The molecule has 1 fully saturated rings. The second-order valence-corrected chi connectivity index (χ2v) is 7.53. The highest BCUT2D eigenvalue weighted by Gasteiger charge is 2.33. The molecule has 0 saturated carbocycles. The molecule has 10 heteroatoms. The molecular formula is C20H24F3NO6. The summed E-state index contributed by atoms with van der Waals surface area (Å²) in [5.74, 6) is -0.750. The van der Waals surface area contributed by atoms with E-state index in [0.717, 1.165) is 25.3 Å². The Hall–Kier alpha value is -2.59. The minimum absolute atomic E-state index is 0.0164. The minimum Gasteiger partial charge on any atom is -0.465 e. The highest BCUT2D eigenvalue weighted by atomic mass is 19.4. The zero-order valence-electron chi connectivity index (χ0n) is 17.0. The van der Waals surface area contributed by atoms with Crippen LogP contribution in [0, 0.1) is 0 Å². The molecule has 1 aliphatic heterocycles. The number of esters is 1. The van der Waals surface area contributed by atoms with Crippen molar-refractivity contribution in [2.24, 2.45) is 0 Å². The van der Waals surface area contributed by atoms with Crippen LogP contribution in [0.5, 0.6) is 0 Å². The molecule has 1 amide bonds. The predicted octanol–water partition coefficient (Wildman–Crippen LogP) is 3.77. The van der Waals surface area contributed by atoms with E-state index in [9.17, 15) is 22.8 Å². The Morgan fingerprint density at radius 1 is 1.17 bits per heavy atom. The fraction of sp³-hybridized carbons (Fsp3) is 0.500. The third kappa shape index (κ3) is 7.03. The van der Waals surface area contributed by atoms with E-state index >= 15 is 0 Å². The van der Waals surface area contributed by atoms with Crippen LogP contribution in [-0.2, 0) is 25.1 Å². The molecule has 1 N–H and O–H groups in total. The zero-order valence-corrected chi connectivity index (χ0v) is 17.0. The van der Waals surface area contributed by atoms with Gasteiger partial charge in [0, 0.05) is 0 Å². The maximum Gasteiger partial charge on any atom is 0.416 e. The molecular weight excluding hydrogens is 407 g/mol. The van der Waals surface area contributed by atoms with Gasteiger partial charge >= 0.3 is 18.2 Å². The lowest BCUT2D eigenvalue weighted by molar-refractivity contribution is -0.161. The Bertz CT molecular complexity index is 793. The van der Waals surface area contributed by atoms with Crippen LogP contribution in [0.3, 0.4) is 0 Å². The lowest BCUT2D eigenvalue weighted by Gasteiger charge is -2.29. The normalized spacial score (nSPS) is 20.1. The van der Waals surface area contributed by atoms with Crippen molar-refractivity contribution in [3.63, 3.8) is 0 Å². The maximum atomic E-state index is 13.3. The van der Waals surface area contributed by atoms with Crippen molar-refractivity contribution in [3.05, 3.63) is 41.0 Å². The Morgan fingerprint density at radius 2 is 1.80 bits per heavy atom. The third-order valence-electron chi connectivity index (χ3n) is 3.86. The van der Waals surface area contributed by atoms with Gasteiger partial charge < -0.3 is 24.3 Å². The summed E-state index contributed by atoms with van der Waals surface area (Å²) in [6.45, 7) is 5.36. The SMILES string of the molecule is COC(=O)c1ccc(C(F)(F)F)c(/C=C/C2OCC(NC(=O)OC(C)(C)C)CO2)c1. The highest BCUT2D eigenvalue weighted by Crippen LogP contribution is 2.33. The van der Waals surface area contributed by atoms with Crippen LogP contribution >= 0.6 is 0 Å². The lowest BCUT2D eigenvalue weighted by atomic mass is 10.0. The molecule has 0 atom stereocenters. The zero-order chi connectivity index (χ0) is 22.5. The van der Waals surface area contributed by atoms with Gasteiger partial charge in [-0.05, 0) is 50.6 Å². The molecule has 0 unspecified atom stereocenters. The maximum absolute atomic E-state index is 13.3. The summed E-state index contributed by atoms with van der Waals surface area (Å²) in [5.41, 5.74) is -1.81. The molecule has 0 spiro atoms. The van der Waals surface area contributed by atoms with Gasteiger partial charge in [-0.3, -0.25) is 0 Å². The van der Waals surface area contributed by atoms with Crippen molar-refractivity contribution in [3.8, 4) is 0 Å². The lowest BCUT2D eigenvalue weighted by Crippen LogP contribution is -2.48. The molecule has 7 nitrogen and oxygen atoms in total. The van der Waals surface area contributed by atoms with Crippen molar-refractivity contribution in [1.29, 1.82) is 0 Å². The predicted molar refractivity (Wildman–Crippen MR) is 101 cm³/mol. The van der Waals surface area contributed by atoms with E-state index in [0.29, 0.717) is 0 Å². The molecule has 2 rings (SSSR count). The minimum atomic E-state index is -4.61. The second-order valence-electron chi connectivity index (χ2n) is 7.53. The van der Waals surface area contributed by atoms with Crippen molar-refractivity contribution in [1.82, 2.24) is 5.32 Å². The van der Waals surface area contributed by atoms with Gasteiger partial charge in [-0.15, -0.1) is 0 Å². The number of halogens is 3. The standard InChI is InChI=1S/C20H24F3NO6/c1-19(2,3)30-18(26)24-14-10-28-16(29-11-14)8-6-12-9-13(17(25)27-4)5-7-15(12)20(21,22)23/h5-9,14,16H,10-11H2,1-4H3,(H,24,26)/b8-6+. The Balaban J connectivity index is 2.03. The van der Waals surface area contributed by atoms with Gasteiger partial charge in [0.2, 0.25) is 0 Å². The van der Waals surface area contributed by atoms with Crippen LogP contribution in [-0.4, -0.2) is 50.3 Å². The topological polar surface area (TPSA) is 83.1 Å². The van der Waals surface area contributed by atoms with Gasteiger partial charge in [-0.1, -0.05) is 6.08 Å². The number of rotatable bonds is 4. The summed E-state index contributed by atoms with van der Waals surface area (Å²) in [6.07, 6.45) is -3.67. The van der Waals surface area contributed by atoms with E-state index in [1.807, 2.05) is 0 Å². The summed E-state index contributed by atoms with van der Waals surface area (Å²) in [5, 5.41) is 2.59. The quantitative estimate of drug-likeness (QED) is 0.731. The van der Waals surface area contributed by atoms with Gasteiger partial charge in [0.1, 0.15) is 5.60 Å².